The van der Waals surface area contributed by atoms with Crippen molar-refractivity contribution in [3.05, 3.63) is 21.5 Å². The summed E-state index contributed by atoms with van der Waals surface area (Å²) in [4.78, 5) is 0. The van der Waals surface area contributed by atoms with Crippen LogP contribution in [0, 0.1) is 0 Å². The van der Waals surface area contributed by atoms with Crippen LogP contribution in [0.3, 0.4) is 0 Å². The summed E-state index contributed by atoms with van der Waals surface area (Å²) in [6, 6.07) is 0. The fourth-order valence-corrected chi connectivity index (χ4v) is 0.973. The number of rotatable bonds is 0. The molecule has 0 radical (unpaired) electrons. The summed E-state index contributed by atoms with van der Waals surface area (Å²) in [5, 5.41) is 16.5. The minimum absolute atomic E-state index is 0.750. The molecule has 0 aromatic carbocycles. The van der Waals surface area contributed by atoms with Gasteiger partial charge in [0.2, 0.25) is 0 Å². The quantitative estimate of drug-likeness (QED) is 0.541. The van der Waals surface area contributed by atoms with E-state index in [0.29, 0.717) is 0 Å². The van der Waals surface area contributed by atoms with E-state index >= 15 is 0 Å². The van der Waals surface area contributed by atoms with E-state index in [9.17, 15) is 0 Å². The van der Waals surface area contributed by atoms with Crippen LogP contribution in [0.2, 0.25) is 0 Å². The molecule has 0 saturated heterocycles. The van der Waals surface area contributed by atoms with Crippen molar-refractivity contribution >= 4 is 0 Å². The van der Waals surface area contributed by atoms with Gasteiger partial charge in [0.15, 0.2) is 0 Å². The molecule has 0 spiro atoms. The molecule has 0 amide bonds. The van der Waals surface area contributed by atoms with Crippen molar-refractivity contribution in [1.82, 2.24) is 0 Å². The fourth-order valence-electron chi connectivity index (χ4n) is 0.447. The van der Waals surface area contributed by atoms with E-state index in [1.165, 1.54) is 6.42 Å². The van der Waals surface area contributed by atoms with Crippen LogP contribution in [0.25, 0.3) is 0 Å². The maximum atomic E-state index is 8.25. The van der Waals surface area contributed by atoms with Crippen molar-refractivity contribution in [2.45, 2.75) is 6.42 Å². The Kier molecular flexibility index (Phi) is 15.5. The standard InChI is InChI=1S/C5H5.2CH3O.Zr/c1-2-4-5-3-1;2*1-2;/h1-3H,4H2;2*1H3;/q;2*-1;+2. The predicted molar refractivity (Wildman–Crippen MR) is 33.7 cm³/mol. The number of hydrogen-bond acceptors (Lipinski definition) is 2. The summed E-state index contributed by atoms with van der Waals surface area (Å²) >= 11 is 1.56. The Labute approximate surface area is 77.1 Å². The van der Waals surface area contributed by atoms with Gasteiger partial charge in [-0.25, -0.2) is 0 Å². The van der Waals surface area contributed by atoms with Gasteiger partial charge in [0.1, 0.15) is 0 Å². The monoisotopic (exact) mass is 217 g/mol. The van der Waals surface area contributed by atoms with E-state index in [2.05, 4.69) is 18.2 Å². The molecule has 0 heterocycles. The van der Waals surface area contributed by atoms with Crippen LogP contribution in [0.5, 0.6) is 0 Å². The molecule has 10 heavy (non-hydrogen) atoms. The summed E-state index contributed by atoms with van der Waals surface area (Å²) in [7, 11) is 1.50. The SMILES string of the molecule is C[O-].C[O-].[Zr+2][C]1=CC=CC1. The number of allylic oxidation sites excluding steroid dienone is 4. The first kappa shape index (κ1) is 12.9. The summed E-state index contributed by atoms with van der Waals surface area (Å²) in [5.41, 5.74) is 0. The molecule has 1 aliphatic carbocycles. The topological polar surface area (TPSA) is 46.1 Å². The summed E-state index contributed by atoms with van der Waals surface area (Å²) in [6.07, 6.45) is 7.69. The fraction of sp³-hybridized carbons (Fsp3) is 0.429. The molecule has 0 bridgehead atoms. The molecule has 0 aromatic rings. The van der Waals surface area contributed by atoms with Crippen LogP contribution in [0.1, 0.15) is 6.42 Å². The third-order valence-electron chi connectivity index (χ3n) is 0.771. The van der Waals surface area contributed by atoms with E-state index in [0.717, 1.165) is 14.2 Å². The summed E-state index contributed by atoms with van der Waals surface area (Å²) in [5.74, 6) is 0. The van der Waals surface area contributed by atoms with Crippen molar-refractivity contribution in [3.63, 3.8) is 0 Å². The Balaban J connectivity index is 0. The number of hydrogen-bond donors (Lipinski definition) is 0. The normalized spacial score (nSPS) is 12.4. The Hall–Kier alpha value is 0.283. The van der Waals surface area contributed by atoms with E-state index in [1.807, 2.05) is 0 Å². The zero-order valence-electron chi connectivity index (χ0n) is 6.26. The Morgan fingerprint density at radius 1 is 1.30 bits per heavy atom. The van der Waals surface area contributed by atoms with E-state index < -0.39 is 0 Å². The van der Waals surface area contributed by atoms with Gasteiger partial charge < -0.3 is 10.2 Å². The molecule has 0 aliphatic heterocycles. The molecule has 1 aliphatic rings. The van der Waals surface area contributed by atoms with Crippen molar-refractivity contribution < 1.29 is 34.9 Å². The van der Waals surface area contributed by atoms with Crippen LogP contribution in [-0.4, -0.2) is 14.2 Å². The van der Waals surface area contributed by atoms with Crippen molar-refractivity contribution in [2.75, 3.05) is 14.2 Å². The Morgan fingerprint density at radius 3 is 1.90 bits per heavy atom. The van der Waals surface area contributed by atoms with Gasteiger partial charge >= 0.3 is 52.6 Å². The van der Waals surface area contributed by atoms with Crippen LogP contribution >= 0.6 is 0 Å². The van der Waals surface area contributed by atoms with E-state index in [-0.39, 0.29) is 0 Å². The molecule has 0 fully saturated rings. The van der Waals surface area contributed by atoms with Crippen LogP contribution in [-0.2, 0) is 24.7 Å². The second kappa shape index (κ2) is 12.0. The van der Waals surface area contributed by atoms with Crippen LogP contribution < -0.4 is 10.2 Å². The first-order valence-corrected chi connectivity index (χ1v) is 4.01. The molecule has 0 saturated carbocycles. The van der Waals surface area contributed by atoms with Gasteiger partial charge in [0.25, 0.3) is 0 Å². The average molecular weight is 218 g/mol. The Bertz CT molecular complexity index is 108. The zero-order chi connectivity index (χ0) is 8.41. The molecule has 0 unspecified atom stereocenters. The summed E-state index contributed by atoms with van der Waals surface area (Å²) < 4.78 is 1.56. The molecule has 55 valence electrons. The van der Waals surface area contributed by atoms with Gasteiger partial charge in [-0.05, 0) is 0 Å². The van der Waals surface area contributed by atoms with Gasteiger partial charge in [0, 0.05) is 0 Å². The van der Waals surface area contributed by atoms with Crippen molar-refractivity contribution in [3.8, 4) is 0 Å². The average Bonchev–Trinajstić information content (AvgIpc) is 2.48. The zero-order valence-corrected chi connectivity index (χ0v) is 8.71. The molecule has 0 N–H and O–H groups in total. The van der Waals surface area contributed by atoms with Crippen molar-refractivity contribution in [2.24, 2.45) is 0 Å². The van der Waals surface area contributed by atoms with Gasteiger partial charge in [0.05, 0.1) is 0 Å². The molecule has 2 nitrogen and oxygen atoms in total. The molecular formula is C7H11O2Zr. The Morgan fingerprint density at radius 2 is 1.80 bits per heavy atom. The van der Waals surface area contributed by atoms with E-state index in [1.54, 1.807) is 28.0 Å². The molecule has 0 aromatic heterocycles. The maximum absolute atomic E-state index is 8.25. The van der Waals surface area contributed by atoms with Gasteiger partial charge in [-0.2, -0.15) is 14.2 Å². The van der Waals surface area contributed by atoms with Crippen molar-refractivity contribution in [1.29, 1.82) is 0 Å². The van der Waals surface area contributed by atoms with Gasteiger partial charge in [-0.1, -0.05) is 0 Å². The minimum atomic E-state index is 0.750. The second-order valence-electron chi connectivity index (χ2n) is 1.32. The summed E-state index contributed by atoms with van der Waals surface area (Å²) in [6.45, 7) is 0. The third kappa shape index (κ3) is 8.28. The molecule has 3 heteroatoms. The van der Waals surface area contributed by atoms with Crippen LogP contribution in [0.15, 0.2) is 21.5 Å². The van der Waals surface area contributed by atoms with E-state index in [4.69, 9.17) is 10.2 Å². The second-order valence-corrected chi connectivity index (χ2v) is 2.90. The molecule has 1 rings (SSSR count). The molecule has 0 atom stereocenters. The third-order valence-corrected chi connectivity index (χ3v) is 1.68. The van der Waals surface area contributed by atoms with Crippen LogP contribution in [0.4, 0.5) is 0 Å². The van der Waals surface area contributed by atoms with Gasteiger partial charge in [-0.15, -0.1) is 0 Å². The van der Waals surface area contributed by atoms with Gasteiger partial charge in [-0.3, -0.25) is 0 Å². The first-order chi connectivity index (χ1) is 4.89. The predicted octanol–water partition coefficient (Wildman–Crippen LogP) is -0.670. The first-order valence-electron chi connectivity index (χ1n) is 2.78. The molecular weight excluding hydrogens is 207 g/mol.